The zero-order chi connectivity index (χ0) is 18.0. The highest BCUT2D eigenvalue weighted by Crippen LogP contribution is 2.24. The van der Waals surface area contributed by atoms with Crippen LogP contribution >= 0.6 is 34.8 Å². The molecule has 25 heavy (non-hydrogen) atoms. The first-order chi connectivity index (χ1) is 11.9. The molecular weight excluding hydrogens is 385 g/mol. The van der Waals surface area contributed by atoms with E-state index in [0.717, 1.165) is 11.1 Å². The lowest BCUT2D eigenvalue weighted by Crippen LogP contribution is -2.19. The van der Waals surface area contributed by atoms with Crippen LogP contribution in [0.3, 0.4) is 0 Å². The Labute approximate surface area is 159 Å². The Hall–Kier alpha value is -2.02. The van der Waals surface area contributed by atoms with Crippen LogP contribution in [0.5, 0.6) is 0 Å². The van der Waals surface area contributed by atoms with E-state index in [1.165, 1.54) is 0 Å². The Balaban J connectivity index is 1.67. The van der Waals surface area contributed by atoms with Crippen molar-refractivity contribution in [3.05, 3.63) is 63.0 Å². The number of hydrogen-bond acceptors (Lipinski definition) is 3. The first-order valence-electron chi connectivity index (χ1n) is 7.36. The zero-order valence-electron chi connectivity index (χ0n) is 13.2. The van der Waals surface area contributed by atoms with Crippen LogP contribution in [0.4, 0.5) is 5.82 Å². The number of nitrogens with one attached hydrogen (secondary N) is 1. The first-order valence-corrected chi connectivity index (χ1v) is 8.50. The summed E-state index contributed by atoms with van der Waals surface area (Å²) in [6, 6.07) is 5.33. The van der Waals surface area contributed by atoms with Crippen molar-refractivity contribution in [3.63, 3.8) is 0 Å². The van der Waals surface area contributed by atoms with Crippen molar-refractivity contribution in [2.24, 2.45) is 0 Å². The average molecular weight is 399 g/mol. The Morgan fingerprint density at radius 3 is 2.60 bits per heavy atom. The second kappa shape index (κ2) is 7.47. The number of amides is 1. The largest absolute Gasteiger partial charge is 0.306 e. The van der Waals surface area contributed by atoms with Gasteiger partial charge in [0.05, 0.1) is 22.8 Å². The normalized spacial score (nSPS) is 10.9. The Bertz CT molecular complexity index is 918. The van der Waals surface area contributed by atoms with E-state index in [1.807, 2.05) is 13.0 Å². The molecule has 9 heteroatoms. The standard InChI is InChI=1S/C16H14Cl3N5O/c1-10-5-20-23(6-10)9-15(25)21-16-14(19)8-24(22-16)7-11-2-3-12(17)13(18)4-11/h2-6,8H,7,9H2,1H3,(H,21,22,25). The molecular formula is C16H14Cl3N5O. The van der Waals surface area contributed by atoms with Crippen LogP contribution in [0, 0.1) is 6.92 Å². The van der Waals surface area contributed by atoms with E-state index >= 15 is 0 Å². The number of hydrogen-bond donors (Lipinski definition) is 1. The lowest BCUT2D eigenvalue weighted by atomic mass is 10.2. The van der Waals surface area contributed by atoms with Gasteiger partial charge in [-0.2, -0.15) is 10.2 Å². The van der Waals surface area contributed by atoms with Crippen molar-refractivity contribution in [1.29, 1.82) is 0 Å². The summed E-state index contributed by atoms with van der Waals surface area (Å²) in [5, 5.41) is 12.4. The van der Waals surface area contributed by atoms with E-state index in [-0.39, 0.29) is 12.5 Å². The molecule has 1 aromatic carbocycles. The summed E-state index contributed by atoms with van der Waals surface area (Å²) in [6.45, 7) is 2.44. The highest BCUT2D eigenvalue weighted by atomic mass is 35.5. The van der Waals surface area contributed by atoms with Crippen LogP contribution in [0.25, 0.3) is 0 Å². The number of benzene rings is 1. The van der Waals surface area contributed by atoms with Gasteiger partial charge >= 0.3 is 0 Å². The fourth-order valence-electron chi connectivity index (χ4n) is 2.26. The molecule has 1 N–H and O–H groups in total. The van der Waals surface area contributed by atoms with Gasteiger partial charge < -0.3 is 5.32 Å². The molecule has 2 heterocycles. The van der Waals surface area contributed by atoms with E-state index in [9.17, 15) is 4.79 Å². The highest BCUT2D eigenvalue weighted by molar-refractivity contribution is 6.42. The van der Waals surface area contributed by atoms with Crippen LogP contribution in [0.15, 0.2) is 36.8 Å². The van der Waals surface area contributed by atoms with Gasteiger partial charge in [-0.15, -0.1) is 0 Å². The monoisotopic (exact) mass is 397 g/mol. The molecule has 3 aromatic rings. The van der Waals surface area contributed by atoms with Crippen molar-refractivity contribution in [3.8, 4) is 0 Å². The van der Waals surface area contributed by atoms with Gasteiger partial charge in [-0.05, 0) is 30.2 Å². The molecule has 0 spiro atoms. The second-order valence-corrected chi connectivity index (χ2v) is 6.76. The molecule has 0 aliphatic rings. The van der Waals surface area contributed by atoms with Gasteiger partial charge in [0, 0.05) is 12.4 Å². The average Bonchev–Trinajstić information content (AvgIpc) is 3.09. The number of carbonyl (C=O) groups is 1. The fraction of sp³-hybridized carbons (Fsp3) is 0.188. The summed E-state index contributed by atoms with van der Waals surface area (Å²) >= 11 is 18.1. The van der Waals surface area contributed by atoms with E-state index in [0.29, 0.717) is 27.4 Å². The van der Waals surface area contributed by atoms with Gasteiger partial charge in [0.2, 0.25) is 5.91 Å². The van der Waals surface area contributed by atoms with Crippen LogP contribution < -0.4 is 5.32 Å². The molecule has 0 radical (unpaired) electrons. The summed E-state index contributed by atoms with van der Waals surface area (Å²) in [6.07, 6.45) is 5.11. The molecule has 0 fully saturated rings. The number of carbonyl (C=O) groups excluding carboxylic acids is 1. The number of anilines is 1. The minimum Gasteiger partial charge on any atom is -0.306 e. The van der Waals surface area contributed by atoms with E-state index in [1.54, 1.807) is 40.1 Å². The fourth-order valence-corrected chi connectivity index (χ4v) is 2.78. The maximum absolute atomic E-state index is 12.1. The van der Waals surface area contributed by atoms with Gasteiger partial charge in [0.15, 0.2) is 5.82 Å². The molecule has 0 unspecified atom stereocenters. The third kappa shape index (κ3) is 4.54. The molecule has 130 valence electrons. The van der Waals surface area contributed by atoms with Crippen molar-refractivity contribution in [1.82, 2.24) is 19.6 Å². The van der Waals surface area contributed by atoms with Gasteiger partial charge in [-0.3, -0.25) is 14.2 Å². The lowest BCUT2D eigenvalue weighted by molar-refractivity contribution is -0.116. The quantitative estimate of drug-likeness (QED) is 0.705. The molecule has 0 aliphatic heterocycles. The Morgan fingerprint density at radius 2 is 1.92 bits per heavy atom. The summed E-state index contributed by atoms with van der Waals surface area (Å²) in [5.74, 6) is 0.0420. The minimum atomic E-state index is -0.259. The topological polar surface area (TPSA) is 64.7 Å². The number of aryl methyl sites for hydroxylation is 1. The molecule has 0 saturated carbocycles. The summed E-state index contributed by atoms with van der Waals surface area (Å²) < 4.78 is 3.17. The molecule has 0 atom stereocenters. The zero-order valence-corrected chi connectivity index (χ0v) is 15.5. The maximum atomic E-state index is 12.1. The summed E-state index contributed by atoms with van der Waals surface area (Å²) in [5.41, 5.74) is 1.90. The van der Waals surface area contributed by atoms with E-state index in [4.69, 9.17) is 34.8 Å². The number of halogens is 3. The SMILES string of the molecule is Cc1cnn(CC(=O)Nc2nn(Cc3ccc(Cl)c(Cl)c3)cc2Cl)c1. The number of rotatable bonds is 5. The molecule has 3 rings (SSSR count). The van der Waals surface area contributed by atoms with Crippen molar-refractivity contribution >= 4 is 46.5 Å². The molecule has 0 saturated heterocycles. The third-order valence-corrected chi connectivity index (χ3v) is 4.39. The van der Waals surface area contributed by atoms with Crippen LogP contribution in [0.1, 0.15) is 11.1 Å². The third-order valence-electron chi connectivity index (χ3n) is 3.37. The van der Waals surface area contributed by atoms with Gasteiger partial charge in [0.1, 0.15) is 11.6 Å². The molecule has 2 aromatic heterocycles. The Kier molecular flexibility index (Phi) is 5.32. The number of nitrogens with zero attached hydrogens (tertiary/aromatic N) is 4. The van der Waals surface area contributed by atoms with Crippen molar-refractivity contribution in [2.75, 3.05) is 5.32 Å². The number of aromatic nitrogens is 4. The van der Waals surface area contributed by atoms with Crippen molar-refractivity contribution in [2.45, 2.75) is 20.0 Å². The van der Waals surface area contributed by atoms with Gasteiger partial charge in [-0.25, -0.2) is 0 Å². The Morgan fingerprint density at radius 1 is 1.12 bits per heavy atom. The lowest BCUT2D eigenvalue weighted by Gasteiger charge is -2.04. The highest BCUT2D eigenvalue weighted by Gasteiger charge is 2.12. The van der Waals surface area contributed by atoms with Crippen LogP contribution in [0.2, 0.25) is 15.1 Å². The second-order valence-electron chi connectivity index (χ2n) is 5.54. The van der Waals surface area contributed by atoms with Gasteiger partial charge in [-0.1, -0.05) is 40.9 Å². The maximum Gasteiger partial charge on any atom is 0.247 e. The molecule has 0 aliphatic carbocycles. The smallest absolute Gasteiger partial charge is 0.247 e. The van der Waals surface area contributed by atoms with Crippen molar-refractivity contribution < 1.29 is 4.79 Å². The first kappa shape index (κ1) is 17.8. The summed E-state index contributed by atoms with van der Waals surface area (Å²) in [7, 11) is 0. The summed E-state index contributed by atoms with van der Waals surface area (Å²) in [4.78, 5) is 12.1. The predicted octanol–water partition coefficient (Wildman–Crippen LogP) is 4.04. The van der Waals surface area contributed by atoms with Crippen LogP contribution in [-0.4, -0.2) is 25.5 Å². The van der Waals surface area contributed by atoms with Crippen LogP contribution in [-0.2, 0) is 17.9 Å². The van der Waals surface area contributed by atoms with E-state index in [2.05, 4.69) is 15.5 Å². The predicted molar refractivity (Wildman–Crippen MR) is 98.4 cm³/mol. The molecule has 1 amide bonds. The van der Waals surface area contributed by atoms with Gasteiger partial charge in [0.25, 0.3) is 0 Å². The molecule has 0 bridgehead atoms. The minimum absolute atomic E-state index is 0.0871. The molecule has 6 nitrogen and oxygen atoms in total. The van der Waals surface area contributed by atoms with E-state index < -0.39 is 0 Å².